The smallest absolute Gasteiger partial charge is 0.330 e. The van der Waals surface area contributed by atoms with Crippen LogP contribution in [-0.2, 0) is 15.1 Å². The van der Waals surface area contributed by atoms with Gasteiger partial charge in [-0.15, -0.1) is 6.42 Å². The van der Waals surface area contributed by atoms with Crippen molar-refractivity contribution < 1.29 is 18.3 Å². The Kier molecular flexibility index (Phi) is 5.23. The van der Waals surface area contributed by atoms with E-state index in [0.717, 1.165) is 12.1 Å². The van der Waals surface area contributed by atoms with Crippen LogP contribution in [0.3, 0.4) is 0 Å². The number of hydrogen-bond donors (Lipinski definition) is 1. The molecule has 0 aromatic heterocycles. The monoisotopic (exact) mass is 281 g/mol. The first kappa shape index (κ1) is 16.1. The number of ether oxygens (including phenoxy) is 1. The lowest BCUT2D eigenvalue weighted by Crippen LogP contribution is -2.48. The highest BCUT2D eigenvalue weighted by Gasteiger charge is 2.39. The van der Waals surface area contributed by atoms with Crippen LogP contribution in [0.2, 0.25) is 0 Å². The van der Waals surface area contributed by atoms with Gasteiger partial charge in [-0.25, -0.2) is 13.6 Å². The highest BCUT2D eigenvalue weighted by atomic mass is 19.1. The van der Waals surface area contributed by atoms with Gasteiger partial charge in [0.15, 0.2) is 0 Å². The molecule has 0 spiro atoms. The maximum atomic E-state index is 14.1. The first-order valence-electron chi connectivity index (χ1n) is 6.18. The fourth-order valence-electron chi connectivity index (χ4n) is 1.81. The molecule has 1 rings (SSSR count). The molecule has 3 nitrogen and oxygen atoms in total. The SMILES string of the molecule is C#CCNC(C)(C(=O)OCC)c1cc(F)c(C)cc1F. The Labute approximate surface area is 117 Å². The number of halogens is 2. The molecule has 1 atom stereocenters. The molecule has 0 saturated heterocycles. The number of carbonyl (C=O) groups excluding carboxylic acids is 1. The van der Waals surface area contributed by atoms with Crippen LogP contribution in [0.5, 0.6) is 0 Å². The van der Waals surface area contributed by atoms with E-state index in [1.807, 2.05) is 0 Å². The van der Waals surface area contributed by atoms with E-state index in [4.69, 9.17) is 11.2 Å². The Morgan fingerprint density at radius 1 is 1.45 bits per heavy atom. The third-order valence-corrected chi connectivity index (χ3v) is 3.01. The van der Waals surface area contributed by atoms with Gasteiger partial charge in [-0.3, -0.25) is 5.32 Å². The molecule has 0 amide bonds. The molecule has 108 valence electrons. The maximum absolute atomic E-state index is 14.1. The van der Waals surface area contributed by atoms with Crippen molar-refractivity contribution in [3.8, 4) is 12.3 Å². The van der Waals surface area contributed by atoms with E-state index in [2.05, 4.69) is 11.2 Å². The minimum Gasteiger partial charge on any atom is -0.464 e. The average molecular weight is 281 g/mol. The van der Waals surface area contributed by atoms with Gasteiger partial charge in [0, 0.05) is 5.56 Å². The zero-order valence-corrected chi connectivity index (χ0v) is 11.7. The van der Waals surface area contributed by atoms with Gasteiger partial charge in [0.2, 0.25) is 0 Å². The predicted molar refractivity (Wildman–Crippen MR) is 71.9 cm³/mol. The van der Waals surface area contributed by atoms with E-state index >= 15 is 0 Å². The van der Waals surface area contributed by atoms with Gasteiger partial charge in [-0.2, -0.15) is 0 Å². The van der Waals surface area contributed by atoms with Crippen molar-refractivity contribution in [3.63, 3.8) is 0 Å². The first-order chi connectivity index (χ1) is 9.36. The van der Waals surface area contributed by atoms with Crippen LogP contribution >= 0.6 is 0 Å². The summed E-state index contributed by atoms with van der Waals surface area (Å²) in [4.78, 5) is 12.1. The zero-order valence-electron chi connectivity index (χ0n) is 11.7. The summed E-state index contributed by atoms with van der Waals surface area (Å²) in [6, 6.07) is 2.03. The first-order valence-corrected chi connectivity index (χ1v) is 6.18. The standard InChI is InChI=1S/C15H17F2NO2/c1-5-7-18-15(4,14(19)20-6-2)11-9-12(16)10(3)8-13(11)17/h1,8-9,18H,6-7H2,2-4H3. The largest absolute Gasteiger partial charge is 0.464 e. The molecule has 5 heteroatoms. The summed E-state index contributed by atoms with van der Waals surface area (Å²) in [7, 11) is 0. The molecular weight excluding hydrogens is 264 g/mol. The van der Waals surface area contributed by atoms with Crippen molar-refractivity contribution >= 4 is 5.97 Å². The Morgan fingerprint density at radius 2 is 2.10 bits per heavy atom. The summed E-state index contributed by atoms with van der Waals surface area (Å²) >= 11 is 0. The molecule has 0 saturated carbocycles. The van der Waals surface area contributed by atoms with Crippen LogP contribution in [-0.4, -0.2) is 19.1 Å². The third kappa shape index (κ3) is 3.14. The molecule has 1 unspecified atom stereocenters. The van der Waals surface area contributed by atoms with Crippen molar-refractivity contribution in [1.82, 2.24) is 5.32 Å². The summed E-state index contributed by atoms with van der Waals surface area (Å²) in [5, 5.41) is 2.72. The highest BCUT2D eigenvalue weighted by Crippen LogP contribution is 2.27. The fourth-order valence-corrected chi connectivity index (χ4v) is 1.81. The van der Waals surface area contributed by atoms with Crippen LogP contribution < -0.4 is 5.32 Å². The molecular formula is C15H17F2NO2. The number of nitrogens with one attached hydrogen (secondary N) is 1. The second-order valence-corrected chi connectivity index (χ2v) is 4.48. The molecule has 1 aromatic rings. The van der Waals surface area contributed by atoms with Gasteiger partial charge in [-0.05, 0) is 38.5 Å². The van der Waals surface area contributed by atoms with E-state index in [0.29, 0.717) is 0 Å². The van der Waals surface area contributed by atoms with Gasteiger partial charge in [0.1, 0.15) is 17.2 Å². The number of carbonyl (C=O) groups is 1. The Balaban J connectivity index is 3.34. The third-order valence-electron chi connectivity index (χ3n) is 3.01. The lowest BCUT2D eigenvalue weighted by atomic mass is 9.90. The molecule has 0 aliphatic carbocycles. The summed E-state index contributed by atoms with van der Waals surface area (Å²) in [6.45, 7) is 4.63. The molecule has 1 aromatic carbocycles. The van der Waals surface area contributed by atoms with Gasteiger partial charge in [0.05, 0.1) is 13.2 Å². The van der Waals surface area contributed by atoms with Crippen molar-refractivity contribution in [1.29, 1.82) is 0 Å². The lowest BCUT2D eigenvalue weighted by molar-refractivity contribution is -0.151. The Hall–Kier alpha value is -1.93. The number of aryl methyl sites for hydroxylation is 1. The minimum absolute atomic E-state index is 0.0181. The Morgan fingerprint density at radius 3 is 2.65 bits per heavy atom. The van der Waals surface area contributed by atoms with Crippen molar-refractivity contribution in [2.75, 3.05) is 13.2 Å². The fraction of sp³-hybridized carbons (Fsp3) is 0.400. The van der Waals surface area contributed by atoms with Crippen molar-refractivity contribution in [2.45, 2.75) is 26.3 Å². The highest BCUT2D eigenvalue weighted by molar-refractivity contribution is 5.82. The summed E-state index contributed by atoms with van der Waals surface area (Å²) in [5.74, 6) is 0.301. The molecule has 0 radical (unpaired) electrons. The predicted octanol–water partition coefficient (Wildman–Crippen LogP) is 2.27. The molecule has 0 aliphatic rings. The Bertz CT molecular complexity index is 552. The number of benzene rings is 1. The summed E-state index contributed by atoms with van der Waals surface area (Å²) < 4.78 is 32.7. The van der Waals surface area contributed by atoms with Gasteiger partial charge < -0.3 is 4.74 Å². The maximum Gasteiger partial charge on any atom is 0.330 e. The number of terminal acetylenes is 1. The summed E-state index contributed by atoms with van der Waals surface area (Å²) in [5.41, 5.74) is -1.51. The van der Waals surface area contributed by atoms with Crippen LogP contribution in [0.1, 0.15) is 25.0 Å². The average Bonchev–Trinajstić information content (AvgIpc) is 2.40. The molecule has 0 fully saturated rings. The van der Waals surface area contributed by atoms with Gasteiger partial charge >= 0.3 is 5.97 Å². The van der Waals surface area contributed by atoms with E-state index in [9.17, 15) is 13.6 Å². The van der Waals surface area contributed by atoms with Crippen LogP contribution in [0.4, 0.5) is 8.78 Å². The second kappa shape index (κ2) is 6.49. The number of rotatable bonds is 5. The van der Waals surface area contributed by atoms with Gasteiger partial charge in [0.25, 0.3) is 0 Å². The van der Waals surface area contributed by atoms with E-state index in [1.54, 1.807) is 6.92 Å². The molecule has 0 heterocycles. The lowest BCUT2D eigenvalue weighted by Gasteiger charge is -2.28. The normalized spacial score (nSPS) is 13.4. The summed E-state index contributed by atoms with van der Waals surface area (Å²) in [6.07, 6.45) is 5.15. The van der Waals surface area contributed by atoms with E-state index < -0.39 is 23.1 Å². The van der Waals surface area contributed by atoms with E-state index in [1.165, 1.54) is 13.8 Å². The zero-order chi connectivity index (χ0) is 15.3. The second-order valence-electron chi connectivity index (χ2n) is 4.48. The van der Waals surface area contributed by atoms with Crippen molar-refractivity contribution in [2.24, 2.45) is 0 Å². The molecule has 0 bridgehead atoms. The van der Waals surface area contributed by atoms with Crippen LogP contribution in [0, 0.1) is 30.9 Å². The number of hydrogen-bond acceptors (Lipinski definition) is 3. The van der Waals surface area contributed by atoms with Crippen molar-refractivity contribution in [3.05, 3.63) is 34.9 Å². The van der Waals surface area contributed by atoms with Gasteiger partial charge in [-0.1, -0.05) is 5.92 Å². The van der Waals surface area contributed by atoms with Crippen LogP contribution in [0.25, 0.3) is 0 Å². The molecule has 20 heavy (non-hydrogen) atoms. The topological polar surface area (TPSA) is 38.3 Å². The van der Waals surface area contributed by atoms with Crippen LogP contribution in [0.15, 0.2) is 12.1 Å². The molecule has 0 aliphatic heterocycles. The number of esters is 1. The van der Waals surface area contributed by atoms with E-state index in [-0.39, 0.29) is 24.3 Å². The minimum atomic E-state index is -1.54. The molecule has 1 N–H and O–H groups in total. The quantitative estimate of drug-likeness (QED) is 0.664.